The van der Waals surface area contributed by atoms with E-state index in [2.05, 4.69) is 54.2 Å². The number of benzene rings is 2. The van der Waals surface area contributed by atoms with Crippen molar-refractivity contribution >= 4 is 11.6 Å². The molecular weight excluding hydrogens is 438 g/mol. The van der Waals surface area contributed by atoms with Crippen molar-refractivity contribution in [2.24, 2.45) is 0 Å². The van der Waals surface area contributed by atoms with Crippen LogP contribution in [0.1, 0.15) is 54.0 Å². The van der Waals surface area contributed by atoms with E-state index >= 15 is 0 Å². The van der Waals surface area contributed by atoms with Crippen LogP contribution in [0.3, 0.4) is 0 Å². The minimum atomic E-state index is -0.131. The van der Waals surface area contributed by atoms with Gasteiger partial charge in [-0.15, -0.1) is 0 Å². The van der Waals surface area contributed by atoms with Gasteiger partial charge in [-0.2, -0.15) is 10.4 Å². The number of carbonyl (C=O) groups is 1. The minimum Gasteiger partial charge on any atom is -0.497 e. The molecule has 1 saturated carbocycles. The van der Waals surface area contributed by atoms with Crippen LogP contribution in [0.2, 0.25) is 0 Å². The lowest BCUT2D eigenvalue weighted by Crippen LogP contribution is -2.39. The van der Waals surface area contributed by atoms with E-state index in [1.807, 2.05) is 24.3 Å². The number of methoxy groups -OCH3 is 1. The van der Waals surface area contributed by atoms with Gasteiger partial charge < -0.3 is 14.5 Å². The Labute approximate surface area is 206 Å². The second-order valence-corrected chi connectivity index (χ2v) is 9.39. The fourth-order valence-electron chi connectivity index (χ4n) is 5.17. The average molecular weight is 470 g/mol. The fraction of sp³-hybridized carbons (Fsp3) is 0.393. The Hall–Kier alpha value is -3.63. The van der Waals surface area contributed by atoms with E-state index in [1.54, 1.807) is 16.7 Å². The molecule has 0 unspecified atom stereocenters. The van der Waals surface area contributed by atoms with Gasteiger partial charge in [0, 0.05) is 29.8 Å². The van der Waals surface area contributed by atoms with Gasteiger partial charge in [0.1, 0.15) is 17.5 Å². The number of anilines is 1. The first-order valence-electron chi connectivity index (χ1n) is 12.3. The maximum absolute atomic E-state index is 13.7. The molecule has 0 bridgehead atoms. The van der Waals surface area contributed by atoms with Gasteiger partial charge in [-0.05, 0) is 74.3 Å². The van der Waals surface area contributed by atoms with Gasteiger partial charge in [-0.3, -0.25) is 4.79 Å². The van der Waals surface area contributed by atoms with E-state index in [9.17, 15) is 10.1 Å². The number of hydrogen-bond acceptors (Lipinski definition) is 5. The maximum atomic E-state index is 13.7. The molecule has 1 aliphatic carbocycles. The highest BCUT2D eigenvalue weighted by atomic mass is 16.5. The molecule has 3 aromatic rings. The van der Waals surface area contributed by atoms with Crippen molar-refractivity contribution in [1.82, 2.24) is 14.7 Å². The van der Waals surface area contributed by atoms with E-state index in [4.69, 9.17) is 4.74 Å². The smallest absolute Gasteiger partial charge is 0.277 e. The number of rotatable bonds is 8. The van der Waals surface area contributed by atoms with Gasteiger partial charge >= 0.3 is 0 Å². The lowest BCUT2D eigenvalue weighted by Gasteiger charge is -2.29. The molecular formula is C28H31N5O2. The number of likely N-dealkylation sites (N-methyl/N-ethyl adjacent to an activating group) is 1. The normalized spacial score (nSPS) is 16.2. The monoisotopic (exact) mass is 469 g/mol. The highest BCUT2D eigenvalue weighted by Crippen LogP contribution is 2.49. The summed E-state index contributed by atoms with van der Waals surface area (Å²) in [5.74, 6) is 0.589. The Morgan fingerprint density at radius 1 is 1.06 bits per heavy atom. The number of aromatic nitrogens is 2. The predicted octanol–water partition coefficient (Wildman–Crippen LogP) is 4.33. The summed E-state index contributed by atoms with van der Waals surface area (Å²) >= 11 is 0. The van der Waals surface area contributed by atoms with Gasteiger partial charge in [0.25, 0.3) is 5.91 Å². The Balaban J connectivity index is 1.44. The Morgan fingerprint density at radius 3 is 2.29 bits per heavy atom. The summed E-state index contributed by atoms with van der Waals surface area (Å²) in [6.45, 7) is 8.17. The predicted molar refractivity (Wildman–Crippen MR) is 135 cm³/mol. The van der Waals surface area contributed by atoms with E-state index in [-0.39, 0.29) is 11.3 Å². The SMILES string of the molecule is CCN(CC)CC1(c2ccc(N3CCc4c(C#N)nn(-c5ccc(OC)cc5)c4C3=O)cc2)CC1. The zero-order chi connectivity index (χ0) is 24.6. The van der Waals surface area contributed by atoms with Gasteiger partial charge in [-0.25, -0.2) is 4.68 Å². The highest BCUT2D eigenvalue weighted by Gasteiger charge is 2.45. The molecule has 0 atom stereocenters. The van der Waals surface area contributed by atoms with Crippen LogP contribution in [0, 0.1) is 11.3 Å². The summed E-state index contributed by atoms with van der Waals surface area (Å²) in [4.78, 5) is 18.0. The Bertz CT molecular complexity index is 1260. The fourth-order valence-corrected chi connectivity index (χ4v) is 5.17. The highest BCUT2D eigenvalue weighted by molar-refractivity contribution is 6.07. The first kappa shape index (κ1) is 23.1. The number of hydrogen-bond donors (Lipinski definition) is 0. The van der Waals surface area contributed by atoms with Crippen molar-refractivity contribution in [1.29, 1.82) is 5.26 Å². The molecule has 0 spiro atoms. The van der Waals surface area contributed by atoms with Crippen molar-refractivity contribution in [2.75, 3.05) is 38.2 Å². The molecule has 0 radical (unpaired) electrons. The van der Waals surface area contributed by atoms with Gasteiger partial charge in [0.15, 0.2) is 5.69 Å². The molecule has 2 heterocycles. The zero-order valence-corrected chi connectivity index (χ0v) is 20.6. The molecule has 7 nitrogen and oxygen atoms in total. The van der Waals surface area contributed by atoms with Gasteiger partial charge in [0.2, 0.25) is 0 Å². The van der Waals surface area contributed by atoms with Crippen LogP contribution >= 0.6 is 0 Å². The van der Waals surface area contributed by atoms with Gasteiger partial charge in [0.05, 0.1) is 12.8 Å². The molecule has 1 fully saturated rings. The molecule has 5 rings (SSSR count). The summed E-state index contributed by atoms with van der Waals surface area (Å²) in [6, 6.07) is 18.0. The number of ether oxygens (including phenoxy) is 1. The molecule has 2 aromatic carbocycles. The lowest BCUT2D eigenvalue weighted by atomic mass is 9.94. The third kappa shape index (κ3) is 4.08. The van der Waals surface area contributed by atoms with Crippen LogP contribution in [-0.4, -0.2) is 53.9 Å². The first-order valence-corrected chi connectivity index (χ1v) is 12.3. The number of amides is 1. The zero-order valence-electron chi connectivity index (χ0n) is 20.6. The van der Waals surface area contributed by atoms with Crippen LogP contribution in [-0.2, 0) is 11.8 Å². The van der Waals surface area contributed by atoms with Crippen LogP contribution in [0.15, 0.2) is 48.5 Å². The van der Waals surface area contributed by atoms with Crippen molar-refractivity contribution in [2.45, 2.75) is 38.5 Å². The van der Waals surface area contributed by atoms with Crippen LogP contribution in [0.4, 0.5) is 5.69 Å². The number of carbonyl (C=O) groups excluding carboxylic acids is 1. The Kier molecular flexibility index (Phi) is 6.08. The molecule has 1 aromatic heterocycles. The molecule has 7 heteroatoms. The van der Waals surface area contributed by atoms with Crippen LogP contribution < -0.4 is 9.64 Å². The standard InChI is InChI=1S/C28H31N5O2/c1-4-31(5-2)19-28(15-16-28)20-6-8-21(9-7-20)32-17-14-24-25(18-29)30-33(26(24)27(32)34)22-10-12-23(35-3)13-11-22/h6-13H,4-5,14-17,19H2,1-3H3. The largest absolute Gasteiger partial charge is 0.497 e. The molecule has 35 heavy (non-hydrogen) atoms. The second kappa shape index (κ2) is 9.20. The van der Waals surface area contributed by atoms with Crippen molar-refractivity contribution in [3.05, 3.63) is 71.0 Å². The van der Waals surface area contributed by atoms with Crippen LogP contribution in [0.25, 0.3) is 5.69 Å². The summed E-state index contributed by atoms with van der Waals surface area (Å²) < 4.78 is 6.85. The molecule has 2 aliphatic rings. The summed E-state index contributed by atoms with van der Waals surface area (Å²) in [7, 11) is 1.61. The Morgan fingerprint density at radius 2 is 1.71 bits per heavy atom. The topological polar surface area (TPSA) is 74.4 Å². The van der Waals surface area contributed by atoms with E-state index < -0.39 is 0 Å². The maximum Gasteiger partial charge on any atom is 0.277 e. The number of fused-ring (bicyclic) bond motifs is 1. The number of nitriles is 1. The van der Waals surface area contributed by atoms with E-state index in [0.717, 1.165) is 42.3 Å². The third-order valence-electron chi connectivity index (χ3n) is 7.51. The quantitative estimate of drug-likeness (QED) is 0.491. The van der Waals surface area contributed by atoms with Crippen LogP contribution in [0.5, 0.6) is 5.75 Å². The van der Waals surface area contributed by atoms with E-state index in [0.29, 0.717) is 24.4 Å². The van der Waals surface area contributed by atoms with E-state index in [1.165, 1.54) is 18.4 Å². The summed E-state index contributed by atoms with van der Waals surface area (Å²) in [6.07, 6.45) is 3.02. The molecule has 0 saturated heterocycles. The minimum absolute atomic E-state index is 0.131. The lowest BCUT2D eigenvalue weighted by molar-refractivity contribution is 0.0973. The number of nitrogens with zero attached hydrogens (tertiary/aromatic N) is 5. The van der Waals surface area contributed by atoms with Crippen molar-refractivity contribution < 1.29 is 9.53 Å². The van der Waals surface area contributed by atoms with Crippen molar-refractivity contribution in [3.63, 3.8) is 0 Å². The summed E-state index contributed by atoms with van der Waals surface area (Å²) in [5, 5.41) is 14.1. The average Bonchev–Trinajstić information content (AvgIpc) is 3.59. The molecule has 0 N–H and O–H groups in total. The molecule has 1 aliphatic heterocycles. The second-order valence-electron chi connectivity index (χ2n) is 9.39. The van der Waals surface area contributed by atoms with Crippen molar-refractivity contribution in [3.8, 4) is 17.5 Å². The molecule has 180 valence electrons. The summed E-state index contributed by atoms with van der Waals surface area (Å²) in [5.41, 5.74) is 4.70. The van der Waals surface area contributed by atoms with Gasteiger partial charge in [-0.1, -0.05) is 26.0 Å². The first-order chi connectivity index (χ1) is 17.0. The third-order valence-corrected chi connectivity index (χ3v) is 7.51. The molecule has 1 amide bonds.